The van der Waals surface area contributed by atoms with E-state index in [1.54, 1.807) is 24.3 Å². The molecule has 19 heavy (non-hydrogen) atoms. The van der Waals surface area contributed by atoms with E-state index in [0.717, 1.165) is 6.08 Å². The van der Waals surface area contributed by atoms with Crippen LogP contribution in [-0.2, 0) is 19.1 Å². The first-order chi connectivity index (χ1) is 9.12. The maximum absolute atomic E-state index is 11.5. The van der Waals surface area contributed by atoms with Gasteiger partial charge in [0.05, 0.1) is 31.5 Å². The minimum absolute atomic E-state index is 0.114. The average molecular weight is 260 g/mol. The summed E-state index contributed by atoms with van der Waals surface area (Å²) in [5, 5.41) is 11.6. The number of nitrogens with zero attached hydrogens (tertiary/aromatic N) is 1. The molecule has 1 rings (SSSR count). The number of nitriles is 1. The van der Waals surface area contributed by atoms with Crippen molar-refractivity contribution in [3.63, 3.8) is 0 Å². The number of nitrogens with one attached hydrogen (secondary N) is 1. The van der Waals surface area contributed by atoms with Crippen LogP contribution in [0.2, 0.25) is 0 Å². The number of methoxy groups -OCH3 is 2. The van der Waals surface area contributed by atoms with Crippen LogP contribution in [0.1, 0.15) is 5.56 Å². The normalized spacial score (nSPS) is 10.3. The van der Waals surface area contributed by atoms with E-state index in [1.807, 2.05) is 6.07 Å². The van der Waals surface area contributed by atoms with Crippen LogP contribution in [0, 0.1) is 11.3 Å². The molecule has 0 bridgehead atoms. The van der Waals surface area contributed by atoms with E-state index in [2.05, 4.69) is 14.8 Å². The molecular formula is C13H12N2O4. The summed E-state index contributed by atoms with van der Waals surface area (Å²) in [6, 6.07) is 8.53. The van der Waals surface area contributed by atoms with Gasteiger partial charge in [0, 0.05) is 0 Å². The number of anilines is 1. The van der Waals surface area contributed by atoms with E-state index in [-0.39, 0.29) is 5.70 Å². The summed E-state index contributed by atoms with van der Waals surface area (Å²) in [5.41, 5.74) is 0.616. The molecule has 0 aliphatic carbocycles. The van der Waals surface area contributed by atoms with Crippen molar-refractivity contribution < 1.29 is 19.1 Å². The highest BCUT2D eigenvalue weighted by atomic mass is 16.5. The summed E-state index contributed by atoms with van der Waals surface area (Å²) >= 11 is 0. The lowest BCUT2D eigenvalue weighted by Crippen LogP contribution is -2.16. The van der Waals surface area contributed by atoms with E-state index < -0.39 is 11.9 Å². The fourth-order valence-electron chi connectivity index (χ4n) is 1.27. The second-order valence-corrected chi connectivity index (χ2v) is 3.36. The van der Waals surface area contributed by atoms with Gasteiger partial charge in [-0.25, -0.2) is 9.59 Å². The molecule has 0 saturated carbocycles. The predicted octanol–water partition coefficient (Wildman–Crippen LogP) is 1.20. The van der Waals surface area contributed by atoms with Gasteiger partial charge in [-0.05, 0) is 12.1 Å². The SMILES string of the molecule is COC(=O)C=C(Nc1ccccc1C#N)C(=O)OC. The third-order valence-electron chi connectivity index (χ3n) is 2.19. The minimum Gasteiger partial charge on any atom is -0.466 e. The number of hydrogen-bond acceptors (Lipinski definition) is 6. The van der Waals surface area contributed by atoms with Gasteiger partial charge in [-0.1, -0.05) is 12.1 Å². The van der Waals surface area contributed by atoms with Crippen molar-refractivity contribution in [2.45, 2.75) is 0 Å². The third kappa shape index (κ3) is 3.85. The number of hydrogen-bond donors (Lipinski definition) is 1. The molecule has 0 heterocycles. The van der Waals surface area contributed by atoms with Crippen molar-refractivity contribution in [3.05, 3.63) is 41.6 Å². The van der Waals surface area contributed by atoms with Gasteiger partial charge >= 0.3 is 11.9 Å². The lowest BCUT2D eigenvalue weighted by molar-refractivity contribution is -0.138. The Bertz CT molecular complexity index is 558. The topological polar surface area (TPSA) is 88.4 Å². The lowest BCUT2D eigenvalue weighted by atomic mass is 10.2. The van der Waals surface area contributed by atoms with Crippen molar-refractivity contribution >= 4 is 17.6 Å². The Hall–Kier alpha value is -2.81. The van der Waals surface area contributed by atoms with Crippen molar-refractivity contribution in [3.8, 4) is 6.07 Å². The second kappa shape index (κ2) is 6.81. The Labute approximate surface area is 110 Å². The van der Waals surface area contributed by atoms with Gasteiger partial charge in [-0.2, -0.15) is 5.26 Å². The number of rotatable bonds is 4. The largest absolute Gasteiger partial charge is 0.466 e. The van der Waals surface area contributed by atoms with Crippen molar-refractivity contribution in [1.82, 2.24) is 0 Å². The molecule has 1 aromatic carbocycles. The smallest absolute Gasteiger partial charge is 0.354 e. The molecule has 0 unspecified atom stereocenters. The van der Waals surface area contributed by atoms with Crippen LogP contribution in [0.15, 0.2) is 36.0 Å². The molecule has 6 heteroatoms. The third-order valence-corrected chi connectivity index (χ3v) is 2.19. The van der Waals surface area contributed by atoms with Crippen molar-refractivity contribution in [2.75, 3.05) is 19.5 Å². The van der Waals surface area contributed by atoms with E-state index in [4.69, 9.17) is 5.26 Å². The molecule has 0 fully saturated rings. The van der Waals surface area contributed by atoms with Gasteiger partial charge in [0.1, 0.15) is 11.8 Å². The fraction of sp³-hybridized carbons (Fsp3) is 0.154. The molecule has 0 aliphatic rings. The van der Waals surface area contributed by atoms with Crippen LogP contribution in [0.4, 0.5) is 5.69 Å². The van der Waals surface area contributed by atoms with E-state index >= 15 is 0 Å². The molecule has 1 N–H and O–H groups in total. The summed E-state index contributed by atoms with van der Waals surface area (Å²) in [6.45, 7) is 0. The monoisotopic (exact) mass is 260 g/mol. The number of carbonyl (C=O) groups excluding carboxylic acids is 2. The second-order valence-electron chi connectivity index (χ2n) is 3.36. The maximum atomic E-state index is 11.5. The van der Waals surface area contributed by atoms with E-state index in [0.29, 0.717) is 11.3 Å². The summed E-state index contributed by atoms with van der Waals surface area (Å²) in [7, 11) is 2.38. The molecule has 0 aromatic heterocycles. The van der Waals surface area contributed by atoms with Gasteiger partial charge in [0.15, 0.2) is 0 Å². The number of benzene rings is 1. The molecule has 0 radical (unpaired) electrons. The van der Waals surface area contributed by atoms with Crippen LogP contribution in [-0.4, -0.2) is 26.2 Å². The van der Waals surface area contributed by atoms with Crippen LogP contribution < -0.4 is 5.32 Å². The Morgan fingerprint density at radius 1 is 1.26 bits per heavy atom. The molecular weight excluding hydrogens is 248 g/mol. The molecule has 0 atom stereocenters. The average Bonchev–Trinajstić information content (AvgIpc) is 2.45. The van der Waals surface area contributed by atoms with E-state index in [9.17, 15) is 9.59 Å². The highest BCUT2D eigenvalue weighted by Crippen LogP contribution is 2.16. The first kappa shape index (κ1) is 14.3. The van der Waals surface area contributed by atoms with Crippen molar-refractivity contribution in [1.29, 1.82) is 5.26 Å². The zero-order valence-electron chi connectivity index (χ0n) is 10.5. The number of carbonyl (C=O) groups is 2. The van der Waals surface area contributed by atoms with Gasteiger partial charge in [0.2, 0.25) is 0 Å². The Kier molecular flexibility index (Phi) is 5.11. The van der Waals surface area contributed by atoms with Gasteiger partial charge in [-0.3, -0.25) is 0 Å². The first-order valence-corrected chi connectivity index (χ1v) is 5.26. The van der Waals surface area contributed by atoms with Crippen LogP contribution in [0.5, 0.6) is 0 Å². The Morgan fingerprint density at radius 3 is 2.53 bits per heavy atom. The summed E-state index contributed by atoms with van der Waals surface area (Å²) in [6.07, 6.45) is 0.958. The number of esters is 2. The lowest BCUT2D eigenvalue weighted by Gasteiger charge is -2.09. The highest BCUT2D eigenvalue weighted by molar-refractivity contribution is 5.98. The number of ether oxygens (including phenoxy) is 2. The van der Waals surface area contributed by atoms with Gasteiger partial charge in [-0.15, -0.1) is 0 Å². The molecule has 0 saturated heterocycles. The molecule has 0 spiro atoms. The van der Waals surface area contributed by atoms with Gasteiger partial charge in [0.25, 0.3) is 0 Å². The minimum atomic E-state index is -0.738. The number of para-hydroxylation sites is 1. The molecule has 98 valence electrons. The molecule has 6 nitrogen and oxygen atoms in total. The van der Waals surface area contributed by atoms with E-state index in [1.165, 1.54) is 14.2 Å². The Balaban J connectivity index is 3.08. The summed E-state index contributed by atoms with van der Waals surface area (Å²) in [5.74, 6) is -1.44. The molecule has 0 aliphatic heterocycles. The quantitative estimate of drug-likeness (QED) is 0.646. The first-order valence-electron chi connectivity index (χ1n) is 5.26. The molecule has 0 amide bonds. The van der Waals surface area contributed by atoms with Crippen LogP contribution in [0.3, 0.4) is 0 Å². The van der Waals surface area contributed by atoms with Crippen LogP contribution >= 0.6 is 0 Å². The molecule has 1 aromatic rings. The zero-order chi connectivity index (χ0) is 14.3. The zero-order valence-corrected chi connectivity index (χ0v) is 10.5. The standard InChI is InChI=1S/C13H12N2O4/c1-18-12(16)7-11(13(17)19-2)15-10-6-4-3-5-9(10)8-14/h3-7,15H,1-2H3. The Morgan fingerprint density at radius 2 is 1.95 bits per heavy atom. The van der Waals surface area contributed by atoms with Crippen molar-refractivity contribution in [2.24, 2.45) is 0 Å². The fourth-order valence-corrected chi connectivity index (χ4v) is 1.27. The van der Waals surface area contributed by atoms with Gasteiger partial charge < -0.3 is 14.8 Å². The van der Waals surface area contributed by atoms with Crippen LogP contribution in [0.25, 0.3) is 0 Å². The predicted molar refractivity (Wildman–Crippen MR) is 66.9 cm³/mol. The summed E-state index contributed by atoms with van der Waals surface area (Å²) in [4.78, 5) is 22.7. The highest BCUT2D eigenvalue weighted by Gasteiger charge is 2.14. The summed E-state index contributed by atoms with van der Waals surface area (Å²) < 4.78 is 8.98. The maximum Gasteiger partial charge on any atom is 0.354 e.